The van der Waals surface area contributed by atoms with Gasteiger partial charge in [0, 0.05) is 19.3 Å². The topological polar surface area (TPSA) is 155 Å². The van der Waals surface area contributed by atoms with Crippen molar-refractivity contribution in [1.29, 1.82) is 0 Å². The van der Waals surface area contributed by atoms with E-state index in [0.29, 0.717) is 25.7 Å². The van der Waals surface area contributed by atoms with E-state index in [2.05, 4.69) is 130 Å². The Bertz CT molecular complexity index is 1800. The van der Waals surface area contributed by atoms with Crippen LogP contribution in [0.1, 0.15) is 252 Å². The monoisotopic (exact) mass is 1140 g/mol. The largest absolute Gasteiger partial charge is 0.472 e. The van der Waals surface area contributed by atoms with Crippen molar-refractivity contribution in [1.82, 2.24) is 0 Å². The molecule has 0 saturated heterocycles. The molecule has 0 aliphatic rings. The van der Waals surface area contributed by atoms with Gasteiger partial charge in [0.1, 0.15) is 12.7 Å². The first-order chi connectivity index (χ1) is 39.2. The molecule has 12 heteroatoms. The lowest BCUT2D eigenvalue weighted by Gasteiger charge is -2.21. The lowest BCUT2D eigenvalue weighted by Crippen LogP contribution is -2.30. The van der Waals surface area contributed by atoms with Crippen molar-refractivity contribution >= 4 is 25.7 Å². The molecule has 2 N–H and O–H groups in total. The molecule has 0 heterocycles. The highest BCUT2D eigenvalue weighted by atomic mass is 31.2. The number of phosphoric ester groups is 1. The second-order valence-electron chi connectivity index (χ2n) is 20.5. The van der Waals surface area contributed by atoms with Gasteiger partial charge < -0.3 is 24.2 Å². The number of unbranched alkanes of at least 4 members (excludes halogenated alkanes) is 20. The molecule has 0 aromatic heterocycles. The molecule has 0 spiro atoms. The number of rotatable bonds is 57. The summed E-state index contributed by atoms with van der Waals surface area (Å²) >= 11 is 0. The third kappa shape index (κ3) is 58.5. The summed E-state index contributed by atoms with van der Waals surface area (Å²) in [4.78, 5) is 48.7. The third-order valence-corrected chi connectivity index (χ3v) is 13.8. The number of hydrogen-bond acceptors (Lipinski definition) is 10. The Labute approximate surface area is 487 Å². The SMILES string of the molecule is CC/C=C\C/C=C\C/C=C\C/C=C\C/C=C\C/C=C\CCC(=O)OC(COC(=O)CCCCCCCCC/C=C\CCCCCCCC)COP(=O)(O)OCC(CO)OC(=O)CCCCCCCCC/C=C\C/C=C\C/C=C\CC. The Morgan fingerprint density at radius 1 is 0.362 bits per heavy atom. The standard InChI is InChI=1S/C68H113O11P/c1-4-7-10-13-16-19-22-25-28-31-32-35-38-41-44-47-50-53-56-59-68(72)79-65(61-75-66(70)57-54-51-48-45-42-39-36-33-29-26-23-20-17-14-11-8-5-2)63-77-80(73,74)76-62-64(60-69)78-67(71)58-55-52-49-46-43-40-37-34-30-27-24-21-18-15-12-9-6-3/h7,9-10,12,16,18-19,21,25-30,32,35,41,44,50,53,64-65,69H,4-6,8,11,13-15,17,20,22-24,31,33-34,36-40,42-43,45-49,51-52,54-63H2,1-3H3,(H,73,74)/b10-7-,12-9-,19-16-,21-18-,28-25-,29-26-,30-27-,35-32-,44-41-,53-50-. The zero-order valence-electron chi connectivity index (χ0n) is 50.5. The van der Waals surface area contributed by atoms with Crippen LogP contribution in [0.3, 0.4) is 0 Å². The smallest absolute Gasteiger partial charge is 0.462 e. The van der Waals surface area contributed by atoms with Crippen LogP contribution in [0.5, 0.6) is 0 Å². The molecule has 0 fully saturated rings. The Hall–Kier alpha value is -4.12. The summed E-state index contributed by atoms with van der Waals surface area (Å²) in [6.45, 7) is 4.33. The number of carbonyl (C=O) groups is 3. The molecule has 0 rings (SSSR count). The summed E-state index contributed by atoms with van der Waals surface area (Å²) in [7, 11) is -4.78. The Balaban J connectivity index is 4.83. The van der Waals surface area contributed by atoms with E-state index in [0.717, 1.165) is 116 Å². The molecule has 0 bridgehead atoms. The fourth-order valence-corrected chi connectivity index (χ4v) is 8.94. The van der Waals surface area contributed by atoms with Crippen LogP contribution in [-0.2, 0) is 42.2 Å². The van der Waals surface area contributed by atoms with Crippen LogP contribution in [0.25, 0.3) is 0 Å². The van der Waals surface area contributed by atoms with Gasteiger partial charge in [-0.3, -0.25) is 23.4 Å². The number of phosphoric acid groups is 1. The molecular formula is C68H113O11P. The minimum atomic E-state index is -4.78. The first-order valence-corrected chi connectivity index (χ1v) is 32.9. The number of esters is 3. The van der Waals surface area contributed by atoms with Gasteiger partial charge in [-0.25, -0.2) is 4.57 Å². The minimum Gasteiger partial charge on any atom is -0.462 e. The van der Waals surface area contributed by atoms with Crippen LogP contribution >= 0.6 is 7.82 Å². The highest BCUT2D eigenvalue weighted by molar-refractivity contribution is 7.47. The zero-order valence-corrected chi connectivity index (χ0v) is 51.4. The lowest BCUT2D eigenvalue weighted by molar-refractivity contribution is -0.161. The summed E-state index contributed by atoms with van der Waals surface area (Å²) in [6.07, 6.45) is 75.9. The van der Waals surface area contributed by atoms with E-state index >= 15 is 0 Å². The van der Waals surface area contributed by atoms with Crippen LogP contribution in [0.4, 0.5) is 0 Å². The predicted molar refractivity (Wildman–Crippen MR) is 334 cm³/mol. The average molecular weight is 1140 g/mol. The number of carbonyl (C=O) groups excluding carboxylic acids is 3. The Kier molecular flexibility index (Phi) is 57.8. The average Bonchev–Trinajstić information content (AvgIpc) is 3.45. The first-order valence-electron chi connectivity index (χ1n) is 31.4. The van der Waals surface area contributed by atoms with Gasteiger partial charge in [-0.1, -0.05) is 239 Å². The van der Waals surface area contributed by atoms with Gasteiger partial charge in [-0.2, -0.15) is 0 Å². The summed E-state index contributed by atoms with van der Waals surface area (Å²) in [6, 6.07) is 0. The molecule has 0 aliphatic carbocycles. The first kappa shape index (κ1) is 75.9. The molecule has 0 aromatic rings. The number of hydrogen-bond donors (Lipinski definition) is 2. The fraction of sp³-hybridized carbons (Fsp3) is 0.662. The molecule has 11 nitrogen and oxygen atoms in total. The van der Waals surface area contributed by atoms with Crippen LogP contribution in [-0.4, -0.2) is 66.5 Å². The quantitative estimate of drug-likeness (QED) is 0.0197. The molecule has 0 radical (unpaired) electrons. The summed E-state index contributed by atoms with van der Waals surface area (Å²) in [5.74, 6) is -1.59. The van der Waals surface area contributed by atoms with Crippen LogP contribution < -0.4 is 0 Å². The van der Waals surface area contributed by atoms with E-state index in [1.165, 1.54) is 70.6 Å². The van der Waals surface area contributed by atoms with Crippen molar-refractivity contribution in [3.05, 3.63) is 122 Å². The van der Waals surface area contributed by atoms with Gasteiger partial charge in [0.05, 0.1) is 19.8 Å². The predicted octanol–water partition coefficient (Wildman–Crippen LogP) is 19.1. The van der Waals surface area contributed by atoms with Gasteiger partial charge in [0.15, 0.2) is 6.10 Å². The van der Waals surface area contributed by atoms with Crippen molar-refractivity contribution in [3.8, 4) is 0 Å². The minimum absolute atomic E-state index is 0.0358. The number of ether oxygens (including phenoxy) is 3. The van der Waals surface area contributed by atoms with Crippen LogP contribution in [0.2, 0.25) is 0 Å². The van der Waals surface area contributed by atoms with Crippen molar-refractivity contribution in [3.63, 3.8) is 0 Å². The summed E-state index contributed by atoms with van der Waals surface area (Å²) in [5, 5.41) is 9.85. The van der Waals surface area contributed by atoms with Gasteiger partial charge in [0.25, 0.3) is 0 Å². The van der Waals surface area contributed by atoms with E-state index in [9.17, 15) is 28.9 Å². The number of aliphatic hydroxyl groups is 1. The van der Waals surface area contributed by atoms with E-state index < -0.39 is 57.8 Å². The lowest BCUT2D eigenvalue weighted by atomic mass is 10.1. The number of allylic oxidation sites excluding steroid dienone is 20. The maximum atomic E-state index is 12.9. The Morgan fingerprint density at radius 3 is 1.09 bits per heavy atom. The van der Waals surface area contributed by atoms with E-state index in [1.54, 1.807) is 0 Å². The molecule has 0 aromatic carbocycles. The maximum Gasteiger partial charge on any atom is 0.472 e. The van der Waals surface area contributed by atoms with Crippen molar-refractivity contribution in [2.45, 2.75) is 264 Å². The van der Waals surface area contributed by atoms with Crippen molar-refractivity contribution in [2.75, 3.05) is 26.4 Å². The third-order valence-electron chi connectivity index (χ3n) is 12.9. The van der Waals surface area contributed by atoms with E-state index in [1.807, 2.05) is 12.2 Å². The fourth-order valence-electron chi connectivity index (χ4n) is 8.16. The van der Waals surface area contributed by atoms with Gasteiger partial charge in [0.2, 0.25) is 0 Å². The highest BCUT2D eigenvalue weighted by Crippen LogP contribution is 2.43. The zero-order chi connectivity index (χ0) is 58.3. The molecular weight excluding hydrogens is 1020 g/mol. The van der Waals surface area contributed by atoms with Crippen LogP contribution in [0, 0.1) is 0 Å². The van der Waals surface area contributed by atoms with Crippen molar-refractivity contribution in [2.24, 2.45) is 0 Å². The van der Waals surface area contributed by atoms with Crippen molar-refractivity contribution < 1.29 is 52.2 Å². The van der Waals surface area contributed by atoms with Gasteiger partial charge in [-0.05, 0) is 116 Å². The van der Waals surface area contributed by atoms with Crippen LogP contribution in [0.15, 0.2) is 122 Å². The summed E-state index contributed by atoms with van der Waals surface area (Å²) < 4.78 is 39.6. The molecule has 80 heavy (non-hydrogen) atoms. The van der Waals surface area contributed by atoms with E-state index in [-0.39, 0.29) is 25.9 Å². The Morgan fingerprint density at radius 2 is 0.675 bits per heavy atom. The second-order valence-corrected chi connectivity index (χ2v) is 21.9. The van der Waals surface area contributed by atoms with Gasteiger partial charge >= 0.3 is 25.7 Å². The molecule has 0 amide bonds. The van der Waals surface area contributed by atoms with Gasteiger partial charge in [-0.15, -0.1) is 0 Å². The maximum absolute atomic E-state index is 12.9. The molecule has 456 valence electrons. The summed E-state index contributed by atoms with van der Waals surface area (Å²) in [5.41, 5.74) is 0. The van der Waals surface area contributed by atoms with E-state index in [4.69, 9.17) is 23.3 Å². The normalized spacial score (nSPS) is 14.1. The molecule has 3 atom stereocenters. The molecule has 3 unspecified atom stereocenters. The molecule has 0 saturated carbocycles. The second kappa shape index (κ2) is 61.0. The highest BCUT2D eigenvalue weighted by Gasteiger charge is 2.28. The number of aliphatic hydroxyl groups excluding tert-OH is 1. The molecule has 0 aliphatic heterocycles.